The van der Waals surface area contributed by atoms with Crippen molar-refractivity contribution >= 4 is 0 Å². The highest BCUT2D eigenvalue weighted by atomic mass is 16.5. The Bertz CT molecular complexity index is 543. The van der Waals surface area contributed by atoms with Gasteiger partial charge in [-0.05, 0) is 29.8 Å². The third-order valence-electron chi connectivity index (χ3n) is 3.02. The van der Waals surface area contributed by atoms with Crippen molar-refractivity contribution in [1.29, 1.82) is 0 Å². The molecule has 2 aromatic rings. The second-order valence-corrected chi connectivity index (χ2v) is 4.55. The average molecular weight is 287 g/mol. The van der Waals surface area contributed by atoms with Gasteiger partial charge in [0.15, 0.2) is 11.5 Å². The zero-order valence-electron chi connectivity index (χ0n) is 12.2. The molecule has 0 saturated carbocycles. The first kappa shape index (κ1) is 15.2. The van der Waals surface area contributed by atoms with Crippen LogP contribution in [0.2, 0.25) is 0 Å². The summed E-state index contributed by atoms with van der Waals surface area (Å²) < 4.78 is 16.6. The molecule has 0 fully saturated rings. The van der Waals surface area contributed by atoms with Gasteiger partial charge in [0.05, 0.1) is 20.3 Å². The van der Waals surface area contributed by atoms with Gasteiger partial charge in [-0.25, -0.2) is 0 Å². The third kappa shape index (κ3) is 4.68. The molecule has 0 aliphatic carbocycles. The van der Waals surface area contributed by atoms with E-state index < -0.39 is 0 Å². The van der Waals surface area contributed by atoms with Crippen LogP contribution in [0.25, 0.3) is 0 Å². The molecule has 0 spiro atoms. The largest absolute Gasteiger partial charge is 0.493 e. The lowest BCUT2D eigenvalue weighted by Gasteiger charge is -2.12. The fraction of sp³-hybridized carbons (Fsp3) is 0.294. The molecule has 2 N–H and O–H groups in total. The molecule has 2 aromatic carbocycles. The van der Waals surface area contributed by atoms with E-state index in [0.717, 1.165) is 23.5 Å². The fourth-order valence-electron chi connectivity index (χ4n) is 1.91. The number of nitrogens with two attached hydrogens (primary N) is 1. The molecule has 2 rings (SSSR count). The average Bonchev–Trinajstić information content (AvgIpc) is 2.55. The number of ether oxygens (including phenoxy) is 3. The van der Waals surface area contributed by atoms with Crippen molar-refractivity contribution in [2.24, 2.45) is 5.73 Å². The molecule has 0 aliphatic heterocycles. The Labute approximate surface area is 125 Å². The summed E-state index contributed by atoms with van der Waals surface area (Å²) in [6, 6.07) is 15.5. The normalized spacial score (nSPS) is 10.2. The minimum atomic E-state index is 0.488. The van der Waals surface area contributed by atoms with E-state index in [1.807, 2.05) is 48.5 Å². The van der Waals surface area contributed by atoms with Crippen molar-refractivity contribution < 1.29 is 14.2 Å². The van der Waals surface area contributed by atoms with Crippen LogP contribution in [-0.4, -0.2) is 20.3 Å². The quantitative estimate of drug-likeness (QED) is 0.758. The topological polar surface area (TPSA) is 53.7 Å². The third-order valence-corrected chi connectivity index (χ3v) is 3.02. The van der Waals surface area contributed by atoms with Crippen molar-refractivity contribution in [2.45, 2.75) is 13.0 Å². The maximum Gasteiger partial charge on any atom is 0.161 e. The van der Waals surface area contributed by atoms with Crippen LogP contribution in [0.5, 0.6) is 17.2 Å². The predicted molar refractivity (Wildman–Crippen MR) is 82.9 cm³/mol. The lowest BCUT2D eigenvalue weighted by Crippen LogP contribution is -2.06. The summed E-state index contributed by atoms with van der Waals surface area (Å²) in [4.78, 5) is 0. The highest BCUT2D eigenvalue weighted by Gasteiger charge is 2.05. The van der Waals surface area contributed by atoms with Crippen LogP contribution < -0.4 is 19.9 Å². The van der Waals surface area contributed by atoms with Crippen molar-refractivity contribution in [3.8, 4) is 17.2 Å². The van der Waals surface area contributed by atoms with Crippen LogP contribution in [0.3, 0.4) is 0 Å². The Morgan fingerprint density at radius 1 is 0.905 bits per heavy atom. The molecule has 0 atom stereocenters. The maximum absolute atomic E-state index is 5.72. The van der Waals surface area contributed by atoms with Gasteiger partial charge in [0.1, 0.15) is 5.75 Å². The van der Waals surface area contributed by atoms with Gasteiger partial charge in [0, 0.05) is 13.0 Å². The molecule has 0 saturated heterocycles. The second-order valence-electron chi connectivity index (χ2n) is 4.55. The van der Waals surface area contributed by atoms with Crippen LogP contribution in [-0.2, 0) is 6.54 Å². The van der Waals surface area contributed by atoms with E-state index in [2.05, 4.69) is 0 Å². The van der Waals surface area contributed by atoms with E-state index in [1.54, 1.807) is 7.11 Å². The van der Waals surface area contributed by atoms with Crippen LogP contribution in [0.15, 0.2) is 48.5 Å². The summed E-state index contributed by atoms with van der Waals surface area (Å²) in [5, 5.41) is 0. The molecule has 112 valence electrons. The first-order valence-electron chi connectivity index (χ1n) is 7.01. The number of methoxy groups -OCH3 is 1. The number of para-hydroxylation sites is 1. The molecule has 0 amide bonds. The van der Waals surface area contributed by atoms with Gasteiger partial charge in [-0.2, -0.15) is 0 Å². The van der Waals surface area contributed by atoms with Gasteiger partial charge >= 0.3 is 0 Å². The van der Waals surface area contributed by atoms with Gasteiger partial charge in [-0.3, -0.25) is 0 Å². The van der Waals surface area contributed by atoms with E-state index in [9.17, 15) is 0 Å². The molecule has 0 unspecified atom stereocenters. The smallest absolute Gasteiger partial charge is 0.161 e. The summed E-state index contributed by atoms with van der Waals surface area (Å²) in [6.07, 6.45) is 0.802. The fourth-order valence-corrected chi connectivity index (χ4v) is 1.91. The molecule has 0 bridgehead atoms. The van der Waals surface area contributed by atoms with Crippen LogP contribution in [0.1, 0.15) is 12.0 Å². The van der Waals surface area contributed by atoms with Crippen molar-refractivity contribution in [2.75, 3.05) is 20.3 Å². The Morgan fingerprint density at radius 3 is 2.38 bits per heavy atom. The molecule has 21 heavy (non-hydrogen) atoms. The standard InChI is InChI=1S/C17H21NO3/c1-19-17-12-14(13-18)8-9-16(17)21-11-5-10-20-15-6-3-2-4-7-15/h2-4,6-9,12H,5,10-11,13,18H2,1H3. The number of hydrogen-bond donors (Lipinski definition) is 1. The van der Waals surface area contributed by atoms with Crippen molar-refractivity contribution in [1.82, 2.24) is 0 Å². The summed E-state index contributed by atoms with van der Waals surface area (Å²) in [7, 11) is 1.63. The molecule has 0 aliphatic rings. The Hall–Kier alpha value is -2.20. The highest BCUT2D eigenvalue weighted by molar-refractivity contribution is 5.42. The SMILES string of the molecule is COc1cc(CN)ccc1OCCCOc1ccccc1. The van der Waals surface area contributed by atoms with E-state index in [1.165, 1.54) is 0 Å². The minimum Gasteiger partial charge on any atom is -0.493 e. The lowest BCUT2D eigenvalue weighted by atomic mass is 10.2. The van der Waals surface area contributed by atoms with Crippen molar-refractivity contribution in [3.05, 3.63) is 54.1 Å². The number of rotatable bonds is 8. The van der Waals surface area contributed by atoms with Crippen LogP contribution in [0, 0.1) is 0 Å². The maximum atomic E-state index is 5.72. The Balaban J connectivity index is 1.76. The molecule has 4 nitrogen and oxygen atoms in total. The molecule has 0 radical (unpaired) electrons. The first-order chi connectivity index (χ1) is 10.3. The highest BCUT2D eigenvalue weighted by Crippen LogP contribution is 2.28. The zero-order valence-corrected chi connectivity index (χ0v) is 12.2. The van der Waals surface area contributed by atoms with Gasteiger partial charge in [-0.1, -0.05) is 24.3 Å². The van der Waals surface area contributed by atoms with E-state index in [0.29, 0.717) is 25.5 Å². The van der Waals surface area contributed by atoms with Gasteiger partial charge in [-0.15, -0.1) is 0 Å². The molecule has 0 heterocycles. The zero-order chi connectivity index (χ0) is 14.9. The second kappa shape index (κ2) is 8.17. The van der Waals surface area contributed by atoms with Gasteiger partial charge < -0.3 is 19.9 Å². The van der Waals surface area contributed by atoms with E-state index in [-0.39, 0.29) is 0 Å². The number of hydrogen-bond acceptors (Lipinski definition) is 4. The van der Waals surface area contributed by atoms with Crippen LogP contribution in [0.4, 0.5) is 0 Å². The van der Waals surface area contributed by atoms with Gasteiger partial charge in [0.2, 0.25) is 0 Å². The Kier molecular flexibility index (Phi) is 5.91. The minimum absolute atomic E-state index is 0.488. The van der Waals surface area contributed by atoms with Crippen LogP contribution >= 0.6 is 0 Å². The lowest BCUT2D eigenvalue weighted by molar-refractivity contribution is 0.240. The predicted octanol–water partition coefficient (Wildman–Crippen LogP) is 3.00. The molecule has 4 heteroatoms. The monoisotopic (exact) mass is 287 g/mol. The van der Waals surface area contributed by atoms with Gasteiger partial charge in [0.25, 0.3) is 0 Å². The van der Waals surface area contributed by atoms with E-state index in [4.69, 9.17) is 19.9 Å². The summed E-state index contributed by atoms with van der Waals surface area (Å²) in [5.74, 6) is 2.32. The molecular formula is C17H21NO3. The summed E-state index contributed by atoms with van der Waals surface area (Å²) in [6.45, 7) is 1.68. The first-order valence-corrected chi connectivity index (χ1v) is 7.01. The Morgan fingerprint density at radius 2 is 1.67 bits per heavy atom. The van der Waals surface area contributed by atoms with E-state index >= 15 is 0 Å². The molecule has 0 aromatic heterocycles. The molecular weight excluding hydrogens is 266 g/mol. The summed E-state index contributed by atoms with van der Waals surface area (Å²) >= 11 is 0. The number of benzene rings is 2. The summed E-state index contributed by atoms with van der Waals surface area (Å²) in [5.41, 5.74) is 6.63. The van der Waals surface area contributed by atoms with Crippen molar-refractivity contribution in [3.63, 3.8) is 0 Å².